The van der Waals surface area contributed by atoms with Gasteiger partial charge < -0.3 is 0 Å². The van der Waals surface area contributed by atoms with E-state index in [1.807, 2.05) is 25.1 Å². The molecule has 0 saturated heterocycles. The molecule has 32 heavy (non-hydrogen) atoms. The van der Waals surface area contributed by atoms with Gasteiger partial charge in [0.05, 0.1) is 9.85 Å². The normalized spacial score (nSPS) is 11.1. The summed E-state index contributed by atoms with van der Waals surface area (Å²) in [7, 11) is 0. The molecule has 0 heterocycles. The van der Waals surface area contributed by atoms with E-state index in [0.717, 1.165) is 48.8 Å². The molecule has 6 nitrogen and oxygen atoms in total. The van der Waals surface area contributed by atoms with Crippen molar-refractivity contribution in [3.63, 3.8) is 0 Å². The van der Waals surface area contributed by atoms with Gasteiger partial charge in [-0.05, 0) is 47.8 Å². The van der Waals surface area contributed by atoms with Crippen LogP contribution in [0.4, 0.5) is 11.4 Å². The molecular formula is C26H38N2O4. The lowest BCUT2D eigenvalue weighted by atomic mass is 9.82. The third-order valence-corrected chi connectivity index (χ3v) is 5.42. The molecule has 0 radical (unpaired) electrons. The summed E-state index contributed by atoms with van der Waals surface area (Å²) in [6, 6.07) is 10.9. The van der Waals surface area contributed by atoms with Crippen molar-refractivity contribution in [1.29, 1.82) is 0 Å². The van der Waals surface area contributed by atoms with Gasteiger partial charge in [-0.1, -0.05) is 79.5 Å². The highest BCUT2D eigenvalue weighted by Crippen LogP contribution is 2.32. The van der Waals surface area contributed by atoms with Crippen LogP contribution in [0, 0.1) is 20.2 Å². The maximum Gasteiger partial charge on any atom is 0.272 e. The van der Waals surface area contributed by atoms with Crippen LogP contribution < -0.4 is 0 Å². The number of hydrogen-bond acceptors (Lipinski definition) is 4. The largest absolute Gasteiger partial charge is 0.272 e. The summed E-state index contributed by atoms with van der Waals surface area (Å²) in [4.78, 5) is 21.3. The van der Waals surface area contributed by atoms with Gasteiger partial charge in [0.2, 0.25) is 0 Å². The molecular weight excluding hydrogens is 404 g/mol. The number of hydrogen-bond donors (Lipinski definition) is 0. The Balaban J connectivity index is 0.000000320. The summed E-state index contributed by atoms with van der Waals surface area (Å²) in [5.41, 5.74) is 4.50. The molecule has 0 spiro atoms. The zero-order valence-corrected chi connectivity index (χ0v) is 20.6. The molecule has 0 fully saturated rings. The van der Waals surface area contributed by atoms with Crippen molar-refractivity contribution in [1.82, 2.24) is 0 Å². The van der Waals surface area contributed by atoms with Crippen LogP contribution in [0.2, 0.25) is 0 Å². The van der Waals surface area contributed by atoms with Crippen LogP contribution in [0.25, 0.3) is 0 Å². The Morgan fingerprint density at radius 1 is 0.875 bits per heavy atom. The monoisotopic (exact) mass is 442 g/mol. The molecule has 176 valence electrons. The number of nitrogens with zero attached hydrogens (tertiary/aromatic N) is 2. The van der Waals surface area contributed by atoms with E-state index < -0.39 is 0 Å². The fraction of sp³-hybridized carbons (Fsp3) is 0.538. The minimum atomic E-state index is -0.283. The smallest absolute Gasteiger partial charge is 0.258 e. The molecule has 0 aliphatic rings. The van der Waals surface area contributed by atoms with Crippen LogP contribution in [0.3, 0.4) is 0 Å². The molecule has 0 amide bonds. The topological polar surface area (TPSA) is 86.3 Å². The Morgan fingerprint density at radius 2 is 1.50 bits per heavy atom. The van der Waals surface area contributed by atoms with E-state index in [9.17, 15) is 20.2 Å². The Hall–Kier alpha value is -2.76. The number of aryl methyl sites for hydroxylation is 1. The number of benzene rings is 2. The van der Waals surface area contributed by atoms with E-state index in [1.54, 1.807) is 18.2 Å². The van der Waals surface area contributed by atoms with Crippen LogP contribution in [0.5, 0.6) is 0 Å². The lowest BCUT2D eigenvalue weighted by molar-refractivity contribution is -0.385. The van der Waals surface area contributed by atoms with Crippen molar-refractivity contribution in [2.24, 2.45) is 0 Å². The minimum Gasteiger partial charge on any atom is -0.258 e. The van der Waals surface area contributed by atoms with E-state index in [4.69, 9.17) is 0 Å². The van der Waals surface area contributed by atoms with E-state index >= 15 is 0 Å². The molecule has 0 bridgehead atoms. The second-order valence-electron chi connectivity index (χ2n) is 9.46. The molecule has 2 aromatic carbocycles. The predicted molar refractivity (Wildman–Crippen MR) is 132 cm³/mol. The van der Waals surface area contributed by atoms with E-state index in [1.165, 1.54) is 5.56 Å². The molecule has 2 rings (SSSR count). The number of unbranched alkanes of at least 4 members (excludes halogenated alkanes) is 1. The molecule has 0 aliphatic heterocycles. The van der Waals surface area contributed by atoms with Crippen molar-refractivity contribution in [2.45, 2.75) is 91.9 Å². The summed E-state index contributed by atoms with van der Waals surface area (Å²) in [5, 5.41) is 21.9. The highest BCUT2D eigenvalue weighted by atomic mass is 16.6. The van der Waals surface area contributed by atoms with E-state index in [0.29, 0.717) is 5.92 Å². The van der Waals surface area contributed by atoms with E-state index in [-0.39, 0.29) is 26.6 Å². The Labute approximate surface area is 192 Å². The summed E-state index contributed by atoms with van der Waals surface area (Å²) in [5.74, 6) is 0.418. The molecule has 0 aliphatic carbocycles. The number of nitro groups is 2. The lowest BCUT2D eigenvalue weighted by Crippen LogP contribution is -2.15. The van der Waals surface area contributed by atoms with Crippen LogP contribution in [0.15, 0.2) is 36.4 Å². The standard InChI is InChI=1S/2C13H19NO2/c1-5-7-10-11(13(2,3)4)8-6-9-12(10)14(15)16;1-4-5-6-12-9-11(10(2)3)7-8-13(12)14(15)16/h6,8-9H,5,7H2,1-4H3;7-10H,4-6H2,1-3H3. The van der Waals surface area contributed by atoms with Gasteiger partial charge in [-0.15, -0.1) is 0 Å². The van der Waals surface area contributed by atoms with Gasteiger partial charge in [0.25, 0.3) is 11.4 Å². The average molecular weight is 443 g/mol. The van der Waals surface area contributed by atoms with Crippen molar-refractivity contribution < 1.29 is 9.85 Å². The van der Waals surface area contributed by atoms with Gasteiger partial charge in [-0.3, -0.25) is 20.2 Å². The third-order valence-electron chi connectivity index (χ3n) is 5.42. The SMILES string of the molecule is CCCCc1cc(C(C)C)ccc1[N+](=O)[O-].CCCc1c([N+](=O)[O-])cccc1C(C)(C)C. The molecule has 0 N–H and O–H groups in total. The Kier molecular flexibility index (Phi) is 10.5. The van der Waals surface area contributed by atoms with Crippen molar-refractivity contribution in [3.8, 4) is 0 Å². The summed E-state index contributed by atoms with van der Waals surface area (Å²) < 4.78 is 0. The molecule has 2 aromatic rings. The zero-order chi connectivity index (χ0) is 24.5. The van der Waals surface area contributed by atoms with Crippen LogP contribution in [-0.4, -0.2) is 9.85 Å². The first-order chi connectivity index (χ1) is 14.9. The summed E-state index contributed by atoms with van der Waals surface area (Å²) >= 11 is 0. The molecule has 6 heteroatoms. The lowest BCUT2D eigenvalue weighted by Gasteiger charge is -2.22. The van der Waals surface area contributed by atoms with Gasteiger partial charge in [0.1, 0.15) is 0 Å². The predicted octanol–water partition coefficient (Wildman–Crippen LogP) is 7.91. The van der Waals surface area contributed by atoms with Crippen molar-refractivity contribution in [3.05, 3.63) is 78.9 Å². The summed E-state index contributed by atoms with van der Waals surface area (Å²) in [6.45, 7) is 14.6. The van der Waals surface area contributed by atoms with E-state index in [2.05, 4.69) is 41.5 Å². The fourth-order valence-corrected chi connectivity index (χ4v) is 3.67. The number of rotatable bonds is 8. The quantitative estimate of drug-likeness (QED) is 0.307. The first kappa shape index (κ1) is 27.3. The highest BCUT2D eigenvalue weighted by molar-refractivity contribution is 5.48. The molecule has 0 aromatic heterocycles. The first-order valence-electron chi connectivity index (χ1n) is 11.5. The summed E-state index contributed by atoms with van der Waals surface area (Å²) in [6.07, 6.45) is 4.55. The fourth-order valence-electron chi connectivity index (χ4n) is 3.67. The first-order valence-corrected chi connectivity index (χ1v) is 11.5. The van der Waals surface area contributed by atoms with Gasteiger partial charge >= 0.3 is 0 Å². The van der Waals surface area contributed by atoms with Crippen molar-refractivity contribution >= 4 is 11.4 Å². The van der Waals surface area contributed by atoms with Gasteiger partial charge in [-0.2, -0.15) is 0 Å². The maximum atomic E-state index is 11.0. The van der Waals surface area contributed by atoms with Gasteiger partial charge in [0, 0.05) is 23.3 Å². The molecule has 0 saturated carbocycles. The van der Waals surface area contributed by atoms with Crippen LogP contribution >= 0.6 is 0 Å². The number of nitro benzene ring substituents is 2. The second kappa shape index (κ2) is 12.3. The average Bonchev–Trinajstić information content (AvgIpc) is 2.71. The molecule has 0 unspecified atom stereocenters. The van der Waals surface area contributed by atoms with Crippen LogP contribution in [0.1, 0.15) is 95.9 Å². The van der Waals surface area contributed by atoms with Crippen LogP contribution in [-0.2, 0) is 18.3 Å². The second-order valence-corrected chi connectivity index (χ2v) is 9.46. The van der Waals surface area contributed by atoms with Gasteiger partial charge in [0.15, 0.2) is 0 Å². The van der Waals surface area contributed by atoms with Crippen molar-refractivity contribution in [2.75, 3.05) is 0 Å². The molecule has 0 atom stereocenters. The minimum absolute atomic E-state index is 0.0451. The Morgan fingerprint density at radius 3 is 1.97 bits per heavy atom. The third kappa shape index (κ3) is 7.74. The highest BCUT2D eigenvalue weighted by Gasteiger charge is 2.23. The van der Waals surface area contributed by atoms with Gasteiger partial charge in [-0.25, -0.2) is 0 Å². The maximum absolute atomic E-state index is 11.0. The zero-order valence-electron chi connectivity index (χ0n) is 20.6. The Bertz CT molecular complexity index is 915.